The summed E-state index contributed by atoms with van der Waals surface area (Å²) in [6.07, 6.45) is 20.6. The van der Waals surface area contributed by atoms with Crippen LogP contribution in [0.1, 0.15) is 112 Å². The van der Waals surface area contributed by atoms with Gasteiger partial charge in [-0.2, -0.15) is 0 Å². The molecule has 366 valence electrons. The first-order chi connectivity index (χ1) is 29.2. The highest BCUT2D eigenvalue weighted by atomic mass is 79.9. The second-order valence-corrected chi connectivity index (χ2v) is 29.4. The van der Waals surface area contributed by atoms with Gasteiger partial charge in [-0.3, -0.25) is 0 Å². The highest BCUT2D eigenvalue weighted by molar-refractivity contribution is 7.90. The molecule has 1 aliphatic rings. The van der Waals surface area contributed by atoms with E-state index in [4.69, 9.17) is 5.73 Å². The lowest BCUT2D eigenvalue weighted by Crippen LogP contribution is -3.00. The topological polar surface area (TPSA) is 26.0 Å². The molecule has 3 nitrogen and oxygen atoms in total. The lowest BCUT2D eigenvalue weighted by Gasteiger charge is -2.50. The molecule has 4 aromatic rings. The summed E-state index contributed by atoms with van der Waals surface area (Å²) in [7, 11) is 4.28. The molecule has 4 aromatic carbocycles. The van der Waals surface area contributed by atoms with E-state index in [9.17, 15) is 0 Å². The fourth-order valence-corrected chi connectivity index (χ4v) is 20.9. The van der Waals surface area contributed by atoms with Crippen LogP contribution in [0.15, 0.2) is 121 Å². The van der Waals surface area contributed by atoms with Crippen LogP contribution >= 0.6 is 14.5 Å². The van der Waals surface area contributed by atoms with E-state index in [0.29, 0.717) is 10.8 Å². The second-order valence-electron chi connectivity index (χ2n) is 21.6. The summed E-state index contributed by atoms with van der Waals surface area (Å²) in [6, 6.07) is 47.9. The summed E-state index contributed by atoms with van der Waals surface area (Å²) in [5.74, 6) is 0. The second kappa shape index (κ2) is 29.7. The fraction of sp³-hybridized carbons (Fsp3) is 0.571. The highest BCUT2D eigenvalue weighted by Crippen LogP contribution is 2.60. The number of quaternary nitrogens is 2. The van der Waals surface area contributed by atoms with Crippen molar-refractivity contribution in [3.8, 4) is 0 Å². The van der Waals surface area contributed by atoms with Crippen LogP contribution in [-0.4, -0.2) is 93.5 Å². The molecule has 5 rings (SSSR count). The molecule has 0 spiro atoms. The van der Waals surface area contributed by atoms with Gasteiger partial charge in [-0.1, -0.05) is 114 Å². The van der Waals surface area contributed by atoms with Crippen LogP contribution in [0, 0.1) is 10.8 Å². The van der Waals surface area contributed by atoms with E-state index in [1.807, 2.05) is 0 Å². The van der Waals surface area contributed by atoms with Crippen molar-refractivity contribution in [2.45, 2.75) is 118 Å². The minimum Gasteiger partial charge on any atom is -1.00 e. The SMILES string of the molecule is CCCC[N+](C)(CCCN)CCCC[P+](CCCC[P+](CCCC[N+](C)(C)C1CC(C)(C)CC(C)(C)C1)(c1ccccc1)c1ccccc1)(c1ccccc1)c1ccccc1.[Br-].[Br-].[Br-].[Br-]. The van der Waals surface area contributed by atoms with Gasteiger partial charge in [-0.15, -0.1) is 0 Å². The number of rotatable bonds is 26. The van der Waals surface area contributed by atoms with E-state index < -0.39 is 14.5 Å². The molecule has 0 aliphatic heterocycles. The van der Waals surface area contributed by atoms with Gasteiger partial charge in [-0.25, -0.2) is 0 Å². The van der Waals surface area contributed by atoms with Gasteiger partial charge in [0, 0.05) is 32.1 Å². The third-order valence-corrected chi connectivity index (χ3v) is 24.3. The van der Waals surface area contributed by atoms with Crippen molar-refractivity contribution < 1.29 is 76.9 Å². The first-order valence-corrected chi connectivity index (χ1v) is 28.8. The Bertz CT molecular complexity index is 1730. The quantitative estimate of drug-likeness (QED) is 0.0535. The molecule has 0 bridgehead atoms. The maximum Gasteiger partial charge on any atom is 0.0991 e. The maximum atomic E-state index is 6.04. The van der Waals surface area contributed by atoms with Crippen molar-refractivity contribution >= 4 is 35.7 Å². The van der Waals surface area contributed by atoms with Crippen LogP contribution in [0.2, 0.25) is 0 Å². The molecule has 0 saturated heterocycles. The number of nitrogens with two attached hydrogens (primary N) is 1. The summed E-state index contributed by atoms with van der Waals surface area (Å²) in [5, 5.41) is 6.42. The van der Waals surface area contributed by atoms with Crippen LogP contribution in [0.3, 0.4) is 0 Å². The molecule has 65 heavy (non-hydrogen) atoms. The third kappa shape index (κ3) is 18.3. The monoisotopic (exact) mass is 1180 g/mol. The van der Waals surface area contributed by atoms with Gasteiger partial charge >= 0.3 is 0 Å². The van der Waals surface area contributed by atoms with Gasteiger partial charge in [-0.05, 0) is 104 Å². The minimum absolute atomic E-state index is 0. The Balaban J connectivity index is 0.00000528. The van der Waals surface area contributed by atoms with Gasteiger partial charge < -0.3 is 82.6 Å². The van der Waals surface area contributed by atoms with Crippen LogP contribution in [0.5, 0.6) is 0 Å². The Morgan fingerprint density at radius 3 is 1.11 bits per heavy atom. The normalized spacial score (nSPS) is 15.9. The van der Waals surface area contributed by atoms with Gasteiger partial charge in [0.05, 0.1) is 114 Å². The first kappa shape index (κ1) is 62.6. The lowest BCUT2D eigenvalue weighted by molar-refractivity contribution is -0.918. The molecule has 0 radical (unpaired) electrons. The number of benzene rings is 4. The van der Waals surface area contributed by atoms with E-state index in [2.05, 4.69) is 177 Å². The molecule has 0 aromatic heterocycles. The van der Waals surface area contributed by atoms with Crippen LogP contribution in [0.25, 0.3) is 0 Å². The van der Waals surface area contributed by atoms with E-state index in [0.717, 1.165) is 23.5 Å². The van der Waals surface area contributed by atoms with Gasteiger partial charge in [0.15, 0.2) is 0 Å². The molecule has 9 heteroatoms. The largest absolute Gasteiger partial charge is 1.00 e. The van der Waals surface area contributed by atoms with Crippen molar-refractivity contribution in [2.75, 3.05) is 78.5 Å². The zero-order valence-electron chi connectivity index (χ0n) is 41.9. The van der Waals surface area contributed by atoms with Gasteiger partial charge in [0.1, 0.15) is 0 Å². The molecule has 2 N–H and O–H groups in total. The van der Waals surface area contributed by atoms with Crippen LogP contribution < -0.4 is 94.9 Å². The molecule has 1 saturated carbocycles. The van der Waals surface area contributed by atoms with Gasteiger partial charge in [0.2, 0.25) is 0 Å². The van der Waals surface area contributed by atoms with Crippen LogP contribution in [0.4, 0.5) is 0 Å². The number of unbranched alkanes of at least 4 members (excludes halogenated alkanes) is 4. The van der Waals surface area contributed by atoms with E-state index in [1.54, 1.807) is 21.2 Å². The van der Waals surface area contributed by atoms with Crippen molar-refractivity contribution in [1.29, 1.82) is 0 Å². The summed E-state index contributed by atoms with van der Waals surface area (Å²) >= 11 is 0. The number of hydrogen-bond donors (Lipinski definition) is 1. The number of hydrogen-bond acceptors (Lipinski definition) is 1. The number of halogens is 4. The zero-order chi connectivity index (χ0) is 43.9. The third-order valence-electron chi connectivity index (χ3n) is 14.8. The smallest absolute Gasteiger partial charge is 0.0991 e. The molecule has 0 heterocycles. The summed E-state index contributed by atoms with van der Waals surface area (Å²) in [5.41, 5.74) is 6.88. The van der Waals surface area contributed by atoms with Gasteiger partial charge in [0.25, 0.3) is 0 Å². The summed E-state index contributed by atoms with van der Waals surface area (Å²) in [6.45, 7) is 18.2. The molecule has 0 amide bonds. The highest BCUT2D eigenvalue weighted by Gasteiger charge is 2.47. The average Bonchev–Trinajstić information content (AvgIpc) is 3.25. The van der Waals surface area contributed by atoms with E-state index in [-0.39, 0.29) is 67.9 Å². The van der Waals surface area contributed by atoms with Crippen molar-refractivity contribution in [3.63, 3.8) is 0 Å². The van der Waals surface area contributed by atoms with Crippen molar-refractivity contribution in [3.05, 3.63) is 121 Å². The predicted octanol–water partition coefficient (Wildman–Crippen LogP) is -0.0430. The average molecular weight is 1190 g/mol. The Hall–Kier alpha value is -0.460. The van der Waals surface area contributed by atoms with Crippen LogP contribution in [-0.2, 0) is 0 Å². The fourth-order valence-electron chi connectivity index (χ4n) is 11.8. The molecule has 1 atom stereocenters. The molecule has 1 aliphatic carbocycles. The number of nitrogens with zero attached hydrogens (tertiary/aromatic N) is 2. The summed E-state index contributed by atoms with van der Waals surface area (Å²) in [4.78, 5) is 0. The Morgan fingerprint density at radius 2 is 0.769 bits per heavy atom. The Labute approximate surface area is 443 Å². The van der Waals surface area contributed by atoms with Crippen molar-refractivity contribution in [1.82, 2.24) is 0 Å². The predicted molar refractivity (Wildman–Crippen MR) is 277 cm³/mol. The van der Waals surface area contributed by atoms with E-state index >= 15 is 0 Å². The lowest BCUT2D eigenvalue weighted by atomic mass is 9.63. The first-order valence-electron chi connectivity index (χ1n) is 24.5. The maximum absolute atomic E-state index is 6.04. The zero-order valence-corrected chi connectivity index (χ0v) is 50.0. The molecule has 1 fully saturated rings. The minimum atomic E-state index is -1.65. The molecule has 1 unspecified atom stereocenters. The summed E-state index contributed by atoms with van der Waals surface area (Å²) < 4.78 is 2.33. The molecular formula is C56H89Br4N3P2. The standard InChI is InChI=1S/C56H89N3P2.4BrH/c1-9-10-40-59(8,42-29-38-57)41-24-26-44-61(53-34-19-13-20-35-53,54-36-21-14-22-37-54)46-28-27-45-60(51-30-15-11-16-31-51,52-32-17-12-18-33-52)43-25-23-39-58(6,7)50-47-55(2,3)49-56(4,5)48-50;;;;/h11-22,30-37,50H,9-10,23-29,38-49,57H2,1-8H3;4*1H/q+4;;;;/p-4. The van der Waals surface area contributed by atoms with E-state index in [1.165, 1.54) is 126 Å². The Morgan fingerprint density at radius 1 is 0.462 bits per heavy atom. The van der Waals surface area contributed by atoms with Crippen molar-refractivity contribution in [2.24, 2.45) is 16.6 Å². The molecular weight excluding hydrogens is 1100 g/mol. The Kier molecular flexibility index (Phi) is 28.5.